The second-order valence-electron chi connectivity index (χ2n) is 8.90. The molecule has 0 atom stereocenters. The van der Waals surface area contributed by atoms with Crippen LogP contribution >= 0.6 is 0 Å². The molecule has 0 radical (unpaired) electrons. The fraction of sp³-hybridized carbons (Fsp3) is 0. The summed E-state index contributed by atoms with van der Waals surface area (Å²) in [7, 11) is -2.51. The van der Waals surface area contributed by atoms with Gasteiger partial charge in [0.05, 0.1) is 0 Å². The third-order valence-electron chi connectivity index (χ3n) is 7.32. The van der Waals surface area contributed by atoms with Crippen molar-refractivity contribution in [3.63, 3.8) is 0 Å². The van der Waals surface area contributed by atoms with E-state index in [4.69, 9.17) is 0 Å². The average Bonchev–Trinajstić information content (AvgIpc) is 3.22. The Bertz CT molecular complexity index is 1610. The highest BCUT2D eigenvalue weighted by Crippen LogP contribution is 2.36. The van der Waals surface area contributed by atoms with E-state index >= 15 is 0 Å². The van der Waals surface area contributed by atoms with Crippen molar-refractivity contribution in [2.75, 3.05) is 0 Å². The maximum atomic E-state index is 2.43. The highest BCUT2D eigenvalue weighted by Gasteiger charge is 2.49. The lowest BCUT2D eigenvalue weighted by atomic mass is 9.96. The van der Waals surface area contributed by atoms with Crippen molar-refractivity contribution >= 4 is 50.4 Å². The van der Waals surface area contributed by atoms with E-state index in [1.165, 1.54) is 53.4 Å². The number of hydrogen-bond donors (Lipinski definition) is 0. The maximum Gasteiger partial charge on any atom is 0.181 e. The minimum Gasteiger partial charge on any atom is -0.0623 e. The third kappa shape index (κ3) is 2.46. The van der Waals surface area contributed by atoms with Crippen molar-refractivity contribution in [3.8, 4) is 11.1 Å². The molecule has 0 N–H and O–H groups in total. The summed E-state index contributed by atoms with van der Waals surface area (Å²) in [5.74, 6) is 0. The molecule has 154 valence electrons. The van der Waals surface area contributed by atoms with E-state index < -0.39 is 8.07 Å². The monoisotopic (exact) mass is 434 g/mol. The number of hydrogen-bond acceptors (Lipinski definition) is 0. The molecule has 1 aliphatic heterocycles. The van der Waals surface area contributed by atoms with Crippen molar-refractivity contribution in [3.05, 3.63) is 133 Å². The number of benzene rings is 6. The molecule has 0 bridgehead atoms. The Morgan fingerprint density at radius 1 is 0.394 bits per heavy atom. The van der Waals surface area contributed by atoms with E-state index in [0.29, 0.717) is 0 Å². The largest absolute Gasteiger partial charge is 0.181 e. The molecule has 0 aliphatic carbocycles. The summed E-state index contributed by atoms with van der Waals surface area (Å²) in [6.07, 6.45) is 0. The average molecular weight is 435 g/mol. The van der Waals surface area contributed by atoms with Gasteiger partial charge in [0, 0.05) is 0 Å². The zero-order chi connectivity index (χ0) is 21.8. The molecule has 7 rings (SSSR count). The third-order valence-corrected chi connectivity index (χ3v) is 12.2. The molecule has 0 fully saturated rings. The van der Waals surface area contributed by atoms with Gasteiger partial charge in [-0.15, -0.1) is 0 Å². The highest BCUT2D eigenvalue weighted by atomic mass is 28.3. The molecule has 0 saturated carbocycles. The molecule has 0 unspecified atom stereocenters. The molecule has 0 saturated heterocycles. The van der Waals surface area contributed by atoms with Crippen LogP contribution in [0.25, 0.3) is 32.7 Å². The Kier molecular flexibility index (Phi) is 3.96. The van der Waals surface area contributed by atoms with Gasteiger partial charge in [-0.25, -0.2) is 0 Å². The predicted molar refractivity (Wildman–Crippen MR) is 144 cm³/mol. The van der Waals surface area contributed by atoms with E-state index in [-0.39, 0.29) is 0 Å². The summed E-state index contributed by atoms with van der Waals surface area (Å²) in [6, 6.07) is 49.7. The quantitative estimate of drug-likeness (QED) is 0.322. The number of fused-ring (bicyclic) bond motifs is 7. The summed E-state index contributed by atoms with van der Waals surface area (Å²) < 4.78 is 0. The van der Waals surface area contributed by atoms with Gasteiger partial charge in [-0.1, -0.05) is 133 Å². The van der Waals surface area contributed by atoms with Crippen LogP contribution in [0.3, 0.4) is 0 Å². The van der Waals surface area contributed by atoms with Crippen molar-refractivity contribution in [1.82, 2.24) is 0 Å². The van der Waals surface area contributed by atoms with Crippen LogP contribution in [0.1, 0.15) is 0 Å². The lowest BCUT2D eigenvalue weighted by Crippen LogP contribution is -2.73. The lowest BCUT2D eigenvalue weighted by Gasteiger charge is -2.32. The summed E-state index contributed by atoms with van der Waals surface area (Å²) in [5.41, 5.74) is 2.83. The zero-order valence-corrected chi connectivity index (χ0v) is 19.2. The van der Waals surface area contributed by atoms with Crippen molar-refractivity contribution < 1.29 is 0 Å². The van der Waals surface area contributed by atoms with Crippen molar-refractivity contribution in [2.24, 2.45) is 0 Å². The Morgan fingerprint density at radius 2 is 0.909 bits per heavy atom. The van der Waals surface area contributed by atoms with E-state index in [1.807, 2.05) is 0 Å². The SMILES string of the molecule is c1ccc([Si]2(c3ccccc3)c3ccc4ccccc4c3-c3ccc4ccccc4c32)cc1. The molecule has 0 nitrogen and oxygen atoms in total. The van der Waals surface area contributed by atoms with Crippen LogP contribution in [0.15, 0.2) is 133 Å². The summed E-state index contributed by atoms with van der Waals surface area (Å²) in [5, 5.41) is 11.3. The van der Waals surface area contributed by atoms with Gasteiger partial charge in [0.1, 0.15) is 0 Å². The standard InChI is InChI=1S/C32H22Si/c1-3-13-25(14-4-1)33(26-15-5-2-6-16-26)30-22-20-23-11-7-9-17-27(23)31(30)29-21-19-24-12-8-10-18-28(24)32(29)33/h1-22H. The van der Waals surface area contributed by atoms with Crippen molar-refractivity contribution in [2.45, 2.75) is 0 Å². The number of rotatable bonds is 2. The van der Waals surface area contributed by atoms with Gasteiger partial charge in [-0.3, -0.25) is 0 Å². The second-order valence-corrected chi connectivity index (χ2v) is 12.6. The van der Waals surface area contributed by atoms with Crippen LogP contribution in [0.2, 0.25) is 0 Å². The Labute approximate surface area is 194 Å². The van der Waals surface area contributed by atoms with Gasteiger partial charge in [0.2, 0.25) is 0 Å². The van der Waals surface area contributed by atoms with Gasteiger partial charge >= 0.3 is 0 Å². The van der Waals surface area contributed by atoms with E-state index in [2.05, 4.69) is 133 Å². The second kappa shape index (κ2) is 7.03. The van der Waals surface area contributed by atoms with Gasteiger partial charge in [0.25, 0.3) is 0 Å². The maximum absolute atomic E-state index is 2.51. The molecular formula is C32H22Si. The molecule has 0 amide bonds. The van der Waals surface area contributed by atoms with Gasteiger partial charge in [-0.2, -0.15) is 0 Å². The van der Waals surface area contributed by atoms with Crippen LogP contribution in [-0.2, 0) is 0 Å². The zero-order valence-electron chi connectivity index (χ0n) is 18.2. The molecule has 1 heteroatoms. The van der Waals surface area contributed by atoms with Crippen LogP contribution in [0.5, 0.6) is 0 Å². The van der Waals surface area contributed by atoms with Gasteiger partial charge in [-0.05, 0) is 53.4 Å². The first kappa shape index (κ1) is 18.6. The Balaban J connectivity index is 1.78. The first-order valence-corrected chi connectivity index (χ1v) is 13.5. The van der Waals surface area contributed by atoms with Crippen molar-refractivity contribution in [1.29, 1.82) is 0 Å². The van der Waals surface area contributed by atoms with Crippen LogP contribution in [-0.4, -0.2) is 8.07 Å². The predicted octanol–water partition coefficient (Wildman–Crippen LogP) is 5.35. The topological polar surface area (TPSA) is 0 Å². The molecule has 33 heavy (non-hydrogen) atoms. The van der Waals surface area contributed by atoms with Crippen LogP contribution in [0, 0.1) is 0 Å². The Morgan fingerprint density at radius 3 is 1.58 bits per heavy atom. The fourth-order valence-electron chi connectivity index (χ4n) is 6.04. The molecule has 0 spiro atoms. The van der Waals surface area contributed by atoms with Crippen LogP contribution < -0.4 is 20.7 Å². The minimum atomic E-state index is -2.51. The minimum absolute atomic E-state index is 1.31. The first-order valence-electron chi connectivity index (χ1n) is 11.5. The molecule has 1 aliphatic rings. The molecular weight excluding hydrogens is 412 g/mol. The van der Waals surface area contributed by atoms with E-state index in [1.54, 1.807) is 0 Å². The van der Waals surface area contributed by atoms with E-state index in [9.17, 15) is 0 Å². The molecule has 6 aromatic rings. The van der Waals surface area contributed by atoms with Crippen LogP contribution in [0.4, 0.5) is 0 Å². The normalized spacial score (nSPS) is 13.7. The van der Waals surface area contributed by atoms with Gasteiger partial charge < -0.3 is 0 Å². The molecule has 6 aromatic carbocycles. The Hall–Kier alpha value is -3.94. The van der Waals surface area contributed by atoms with E-state index in [0.717, 1.165) is 0 Å². The smallest absolute Gasteiger partial charge is 0.0623 e. The molecule has 1 heterocycles. The summed E-state index contributed by atoms with van der Waals surface area (Å²) in [4.78, 5) is 0. The fourth-order valence-corrected chi connectivity index (χ4v) is 11.4. The molecule has 0 aromatic heterocycles. The first-order chi connectivity index (χ1) is 16.4. The van der Waals surface area contributed by atoms with Gasteiger partial charge in [0.15, 0.2) is 8.07 Å². The summed E-state index contributed by atoms with van der Waals surface area (Å²) >= 11 is 0. The lowest BCUT2D eigenvalue weighted by molar-refractivity contribution is 1.71. The highest BCUT2D eigenvalue weighted by molar-refractivity contribution is 7.23. The summed E-state index contributed by atoms with van der Waals surface area (Å²) in [6.45, 7) is 0.